The molecular formula is C13H23N7O. The first-order valence-electron chi connectivity index (χ1n) is 7.64. The molecule has 0 saturated carbocycles. The predicted octanol–water partition coefficient (Wildman–Crippen LogP) is 0.230. The van der Waals surface area contributed by atoms with Crippen LogP contribution >= 0.6 is 0 Å². The summed E-state index contributed by atoms with van der Waals surface area (Å²) < 4.78 is 5.40. The van der Waals surface area contributed by atoms with Crippen LogP contribution in [0.2, 0.25) is 0 Å². The van der Waals surface area contributed by atoms with E-state index >= 15 is 0 Å². The highest BCUT2D eigenvalue weighted by Crippen LogP contribution is 2.24. The Morgan fingerprint density at radius 3 is 2.90 bits per heavy atom. The van der Waals surface area contributed by atoms with Gasteiger partial charge >= 0.3 is 6.01 Å². The van der Waals surface area contributed by atoms with Crippen LogP contribution in [-0.4, -0.2) is 58.7 Å². The van der Waals surface area contributed by atoms with Crippen molar-refractivity contribution in [2.75, 3.05) is 43.1 Å². The van der Waals surface area contributed by atoms with E-state index in [1.807, 2.05) is 6.92 Å². The van der Waals surface area contributed by atoms with Gasteiger partial charge in [0.25, 0.3) is 0 Å². The highest BCUT2D eigenvalue weighted by atomic mass is 16.5. The highest BCUT2D eigenvalue weighted by molar-refractivity contribution is 5.38. The number of ether oxygens (including phenoxy) is 1. The molecule has 1 aromatic heterocycles. The van der Waals surface area contributed by atoms with Crippen LogP contribution in [0, 0.1) is 0 Å². The van der Waals surface area contributed by atoms with Crippen LogP contribution in [0.1, 0.15) is 26.2 Å². The van der Waals surface area contributed by atoms with Gasteiger partial charge in [-0.15, -0.1) is 0 Å². The van der Waals surface area contributed by atoms with Crippen molar-refractivity contribution in [3.05, 3.63) is 0 Å². The van der Waals surface area contributed by atoms with E-state index in [1.54, 1.807) is 0 Å². The molecule has 0 radical (unpaired) electrons. The van der Waals surface area contributed by atoms with Crippen LogP contribution in [0.4, 0.5) is 11.9 Å². The van der Waals surface area contributed by atoms with Gasteiger partial charge in [-0.1, -0.05) is 0 Å². The van der Waals surface area contributed by atoms with Gasteiger partial charge in [0.05, 0.1) is 6.61 Å². The molecule has 1 atom stereocenters. The molecule has 116 valence electrons. The van der Waals surface area contributed by atoms with E-state index in [2.05, 4.69) is 30.2 Å². The number of nitrogens with zero attached hydrogens (tertiary/aromatic N) is 5. The molecule has 8 nitrogen and oxygen atoms in total. The fourth-order valence-electron chi connectivity index (χ4n) is 3.13. The van der Waals surface area contributed by atoms with Crippen molar-refractivity contribution in [2.24, 2.45) is 5.84 Å². The molecule has 2 fully saturated rings. The molecule has 2 aliphatic rings. The molecule has 21 heavy (non-hydrogen) atoms. The fraction of sp³-hybridized carbons (Fsp3) is 0.769. The lowest BCUT2D eigenvalue weighted by Gasteiger charge is -2.25. The second-order valence-corrected chi connectivity index (χ2v) is 5.45. The molecule has 0 bridgehead atoms. The molecule has 0 aromatic carbocycles. The lowest BCUT2D eigenvalue weighted by molar-refractivity contribution is 0.272. The summed E-state index contributed by atoms with van der Waals surface area (Å²) in [6.45, 7) is 6.71. The van der Waals surface area contributed by atoms with Crippen LogP contribution in [0.15, 0.2) is 0 Å². The maximum Gasteiger partial charge on any atom is 0.323 e. The Morgan fingerprint density at radius 2 is 2.10 bits per heavy atom. The van der Waals surface area contributed by atoms with E-state index in [1.165, 1.54) is 19.4 Å². The summed E-state index contributed by atoms with van der Waals surface area (Å²) in [5.74, 6) is 6.44. The highest BCUT2D eigenvalue weighted by Gasteiger charge is 2.30. The Morgan fingerprint density at radius 1 is 1.24 bits per heavy atom. The van der Waals surface area contributed by atoms with Crippen LogP contribution in [0.3, 0.4) is 0 Å². The van der Waals surface area contributed by atoms with Crippen LogP contribution < -0.4 is 20.9 Å². The topological polar surface area (TPSA) is 92.4 Å². The molecule has 0 amide bonds. The zero-order valence-corrected chi connectivity index (χ0v) is 12.5. The lowest BCUT2D eigenvalue weighted by Crippen LogP contribution is -2.37. The van der Waals surface area contributed by atoms with Crippen molar-refractivity contribution in [1.82, 2.24) is 19.9 Å². The maximum absolute atomic E-state index is 5.44. The van der Waals surface area contributed by atoms with Gasteiger partial charge in [0, 0.05) is 25.7 Å². The van der Waals surface area contributed by atoms with Crippen molar-refractivity contribution >= 4 is 11.9 Å². The quantitative estimate of drug-likeness (QED) is 0.602. The monoisotopic (exact) mass is 293 g/mol. The first kappa shape index (κ1) is 14.3. The largest absolute Gasteiger partial charge is 0.464 e. The van der Waals surface area contributed by atoms with Gasteiger partial charge in [0.1, 0.15) is 0 Å². The third-order valence-electron chi connectivity index (χ3n) is 4.09. The molecule has 2 saturated heterocycles. The van der Waals surface area contributed by atoms with Crippen LogP contribution in [0.25, 0.3) is 0 Å². The van der Waals surface area contributed by atoms with Crippen LogP contribution in [0.5, 0.6) is 6.01 Å². The Balaban J connectivity index is 1.82. The average molecular weight is 293 g/mol. The fourth-order valence-corrected chi connectivity index (χ4v) is 3.13. The summed E-state index contributed by atoms with van der Waals surface area (Å²) >= 11 is 0. The molecule has 3 heterocycles. The lowest BCUT2D eigenvalue weighted by atomic mass is 10.2. The molecular weight excluding hydrogens is 270 g/mol. The number of rotatable bonds is 4. The number of aromatic nitrogens is 3. The zero-order valence-electron chi connectivity index (χ0n) is 12.5. The van der Waals surface area contributed by atoms with Gasteiger partial charge in [0.15, 0.2) is 0 Å². The minimum absolute atomic E-state index is 0.322. The standard InChI is InChI=1S/C13H23N7O/c1-2-21-13-16-11(18-14)15-12(17-13)20-8-4-7-19-6-3-5-10(19)9-20/h10H,2-9,14H2,1H3,(H,15,16,17,18). The normalized spacial score (nSPS) is 22.8. The summed E-state index contributed by atoms with van der Waals surface area (Å²) in [7, 11) is 0. The average Bonchev–Trinajstić information content (AvgIpc) is 2.84. The Kier molecular flexibility index (Phi) is 4.35. The van der Waals surface area contributed by atoms with Crippen molar-refractivity contribution in [3.8, 4) is 6.01 Å². The number of nitrogen functional groups attached to an aromatic ring is 1. The summed E-state index contributed by atoms with van der Waals surface area (Å²) in [5.41, 5.74) is 2.49. The number of hydrazine groups is 1. The Labute approximate surface area is 124 Å². The molecule has 8 heteroatoms. The Bertz CT molecular complexity index is 484. The predicted molar refractivity (Wildman–Crippen MR) is 80.2 cm³/mol. The number of hydrogen-bond donors (Lipinski definition) is 2. The van der Waals surface area contributed by atoms with E-state index in [0.717, 1.165) is 26.1 Å². The van der Waals surface area contributed by atoms with E-state index in [4.69, 9.17) is 10.6 Å². The van der Waals surface area contributed by atoms with E-state index < -0.39 is 0 Å². The zero-order chi connectivity index (χ0) is 14.7. The molecule has 0 aliphatic carbocycles. The number of anilines is 2. The van der Waals surface area contributed by atoms with E-state index in [0.29, 0.717) is 30.6 Å². The summed E-state index contributed by atoms with van der Waals surface area (Å²) in [6, 6.07) is 0.928. The summed E-state index contributed by atoms with van der Waals surface area (Å²) in [5, 5.41) is 0. The first-order chi connectivity index (χ1) is 10.3. The molecule has 0 spiro atoms. The van der Waals surface area contributed by atoms with E-state index in [9.17, 15) is 0 Å². The molecule has 3 rings (SSSR count). The molecule has 2 aliphatic heterocycles. The molecule has 3 N–H and O–H groups in total. The number of nitrogens with two attached hydrogens (primary N) is 1. The summed E-state index contributed by atoms with van der Waals surface area (Å²) in [6.07, 6.45) is 3.66. The second kappa shape index (κ2) is 6.40. The van der Waals surface area contributed by atoms with Gasteiger partial charge in [0.2, 0.25) is 11.9 Å². The number of fused-ring (bicyclic) bond motifs is 1. The summed E-state index contributed by atoms with van der Waals surface area (Å²) in [4.78, 5) is 17.7. The van der Waals surface area contributed by atoms with Gasteiger partial charge in [-0.25, -0.2) is 5.84 Å². The second-order valence-electron chi connectivity index (χ2n) is 5.45. The van der Waals surface area contributed by atoms with Gasteiger partial charge in [-0.2, -0.15) is 15.0 Å². The van der Waals surface area contributed by atoms with Gasteiger partial charge < -0.3 is 9.64 Å². The third kappa shape index (κ3) is 3.16. The minimum Gasteiger partial charge on any atom is -0.464 e. The minimum atomic E-state index is 0.322. The maximum atomic E-state index is 5.44. The van der Waals surface area contributed by atoms with Crippen molar-refractivity contribution in [2.45, 2.75) is 32.2 Å². The Hall–Kier alpha value is -1.67. The number of hydrogen-bond acceptors (Lipinski definition) is 8. The van der Waals surface area contributed by atoms with Gasteiger partial charge in [-0.3, -0.25) is 10.3 Å². The smallest absolute Gasteiger partial charge is 0.323 e. The van der Waals surface area contributed by atoms with E-state index in [-0.39, 0.29) is 0 Å². The van der Waals surface area contributed by atoms with Crippen molar-refractivity contribution < 1.29 is 4.74 Å². The number of nitrogens with one attached hydrogen (secondary N) is 1. The third-order valence-corrected chi connectivity index (χ3v) is 4.09. The van der Waals surface area contributed by atoms with Crippen LogP contribution in [-0.2, 0) is 0 Å². The van der Waals surface area contributed by atoms with Gasteiger partial charge in [-0.05, 0) is 32.7 Å². The molecule has 1 unspecified atom stereocenters. The van der Waals surface area contributed by atoms with Crippen molar-refractivity contribution in [1.29, 1.82) is 0 Å². The SMILES string of the molecule is CCOc1nc(NN)nc(N2CCCN3CCCC3C2)n1. The molecule has 1 aromatic rings. The van der Waals surface area contributed by atoms with Crippen molar-refractivity contribution in [3.63, 3.8) is 0 Å². The first-order valence-corrected chi connectivity index (χ1v) is 7.64.